The van der Waals surface area contributed by atoms with E-state index in [0.29, 0.717) is 11.3 Å². The van der Waals surface area contributed by atoms with Gasteiger partial charge in [-0.3, -0.25) is 4.79 Å². The molecule has 0 saturated heterocycles. The summed E-state index contributed by atoms with van der Waals surface area (Å²) in [6, 6.07) is 9.97. The Hall–Kier alpha value is -3.16. The van der Waals surface area contributed by atoms with Gasteiger partial charge in [-0.25, -0.2) is 4.79 Å². The predicted octanol–water partition coefficient (Wildman–Crippen LogP) is 3.73. The molecule has 0 fully saturated rings. The average molecular weight is 380 g/mol. The van der Waals surface area contributed by atoms with Crippen molar-refractivity contribution in [1.82, 2.24) is 0 Å². The van der Waals surface area contributed by atoms with E-state index in [1.165, 1.54) is 33.3 Å². The summed E-state index contributed by atoms with van der Waals surface area (Å²) in [5.41, 5.74) is 0.386. The van der Waals surface area contributed by atoms with Crippen LogP contribution in [0.2, 0.25) is 0 Å². The number of ether oxygens (including phenoxy) is 4. The highest BCUT2D eigenvalue weighted by Crippen LogP contribution is 2.29. The summed E-state index contributed by atoms with van der Waals surface area (Å²) in [5.74, 6) is -0.874. The molecule has 6 nitrogen and oxygen atoms in total. The zero-order valence-corrected chi connectivity index (χ0v) is 14.9. The summed E-state index contributed by atoms with van der Waals surface area (Å²) in [4.78, 5) is 24.6. The lowest BCUT2D eigenvalue weighted by Crippen LogP contribution is -2.24. The molecular weight excluding hydrogens is 362 g/mol. The molecule has 0 radical (unpaired) electrons. The molecule has 2 aromatic rings. The zero-order valence-electron chi connectivity index (χ0n) is 14.9. The highest BCUT2D eigenvalue weighted by Gasteiger charge is 2.22. The Balaban J connectivity index is 2.09. The maximum Gasteiger partial charge on any atom is 0.387 e. The first-order chi connectivity index (χ1) is 12.8. The second kappa shape index (κ2) is 8.98. The fraction of sp³-hybridized carbons (Fsp3) is 0.263. The van der Waals surface area contributed by atoms with Gasteiger partial charge in [-0.2, -0.15) is 8.78 Å². The number of Topliss-reactive ketones (excluding diaryl/α,β-unsaturated/α-hetero) is 1. The van der Waals surface area contributed by atoms with Gasteiger partial charge in [0, 0.05) is 5.56 Å². The molecule has 144 valence electrons. The second-order valence-electron chi connectivity index (χ2n) is 5.38. The van der Waals surface area contributed by atoms with Crippen molar-refractivity contribution >= 4 is 11.8 Å². The number of methoxy groups -OCH3 is 2. The van der Waals surface area contributed by atoms with Crippen LogP contribution in [0.3, 0.4) is 0 Å². The molecule has 8 heteroatoms. The minimum atomic E-state index is -3.03. The van der Waals surface area contributed by atoms with Crippen LogP contribution in [0.5, 0.6) is 17.2 Å². The molecule has 0 N–H and O–H groups in total. The molecule has 0 heterocycles. The van der Waals surface area contributed by atoms with Gasteiger partial charge in [0.2, 0.25) is 5.78 Å². The second-order valence-corrected chi connectivity index (χ2v) is 5.38. The highest BCUT2D eigenvalue weighted by molar-refractivity contribution is 6.01. The van der Waals surface area contributed by atoms with Crippen molar-refractivity contribution in [1.29, 1.82) is 0 Å². The molecular formula is C19H18F2O6. The monoisotopic (exact) mass is 380 g/mol. The van der Waals surface area contributed by atoms with Crippen LogP contribution in [-0.2, 0) is 4.74 Å². The Kier molecular flexibility index (Phi) is 6.70. The fourth-order valence-electron chi connectivity index (χ4n) is 2.26. The number of carbonyl (C=O) groups is 2. The molecule has 0 amide bonds. The van der Waals surface area contributed by atoms with Gasteiger partial charge in [-0.1, -0.05) is 0 Å². The molecule has 0 unspecified atom stereocenters. The third-order valence-corrected chi connectivity index (χ3v) is 3.64. The normalized spacial score (nSPS) is 11.6. The van der Waals surface area contributed by atoms with Crippen LogP contribution >= 0.6 is 0 Å². The van der Waals surface area contributed by atoms with E-state index in [4.69, 9.17) is 14.2 Å². The lowest BCUT2D eigenvalue weighted by atomic mass is 10.1. The van der Waals surface area contributed by atoms with Crippen LogP contribution in [0.1, 0.15) is 27.6 Å². The zero-order chi connectivity index (χ0) is 20.0. The van der Waals surface area contributed by atoms with Crippen LogP contribution in [0.15, 0.2) is 42.5 Å². The van der Waals surface area contributed by atoms with Crippen molar-refractivity contribution in [2.45, 2.75) is 19.6 Å². The molecule has 0 bridgehead atoms. The van der Waals surface area contributed by atoms with Gasteiger partial charge in [0.15, 0.2) is 17.6 Å². The van der Waals surface area contributed by atoms with Gasteiger partial charge in [0.1, 0.15) is 5.75 Å². The third-order valence-electron chi connectivity index (χ3n) is 3.64. The predicted molar refractivity (Wildman–Crippen MR) is 91.8 cm³/mol. The summed E-state index contributed by atoms with van der Waals surface area (Å²) in [6.45, 7) is -1.59. The van der Waals surface area contributed by atoms with Crippen molar-refractivity contribution in [2.75, 3.05) is 14.2 Å². The van der Waals surface area contributed by atoms with Crippen LogP contribution in [-0.4, -0.2) is 38.7 Å². The Morgan fingerprint density at radius 1 is 0.889 bits per heavy atom. The largest absolute Gasteiger partial charge is 0.497 e. The maximum absolute atomic E-state index is 12.4. The van der Waals surface area contributed by atoms with Crippen molar-refractivity contribution in [2.24, 2.45) is 0 Å². The minimum Gasteiger partial charge on any atom is -0.497 e. The average Bonchev–Trinajstić information content (AvgIpc) is 2.67. The molecule has 27 heavy (non-hydrogen) atoms. The van der Waals surface area contributed by atoms with Gasteiger partial charge < -0.3 is 18.9 Å². The van der Waals surface area contributed by atoms with Crippen molar-refractivity contribution in [3.05, 3.63) is 53.6 Å². The molecule has 2 rings (SSSR count). The van der Waals surface area contributed by atoms with Gasteiger partial charge >= 0.3 is 12.6 Å². The lowest BCUT2D eigenvalue weighted by molar-refractivity contribution is -0.0512. The molecule has 2 aromatic carbocycles. The number of esters is 1. The quantitative estimate of drug-likeness (QED) is 0.513. The van der Waals surface area contributed by atoms with E-state index in [1.54, 1.807) is 24.3 Å². The van der Waals surface area contributed by atoms with Crippen LogP contribution in [0, 0.1) is 0 Å². The third kappa shape index (κ3) is 5.16. The van der Waals surface area contributed by atoms with E-state index in [1.807, 2.05) is 0 Å². The number of benzene rings is 2. The van der Waals surface area contributed by atoms with Gasteiger partial charge in [-0.05, 0) is 49.4 Å². The van der Waals surface area contributed by atoms with E-state index in [0.717, 1.165) is 6.07 Å². The number of rotatable bonds is 8. The van der Waals surface area contributed by atoms with Crippen molar-refractivity contribution in [3.63, 3.8) is 0 Å². The Bertz CT molecular complexity index is 804. The molecule has 0 spiro atoms. The number of hydrogen-bond acceptors (Lipinski definition) is 6. The number of hydrogen-bond donors (Lipinski definition) is 0. The topological polar surface area (TPSA) is 71.1 Å². The first-order valence-electron chi connectivity index (χ1n) is 7.87. The van der Waals surface area contributed by atoms with Gasteiger partial charge in [0.05, 0.1) is 19.8 Å². The summed E-state index contributed by atoms with van der Waals surface area (Å²) >= 11 is 0. The number of alkyl halides is 2. The molecule has 0 aromatic heterocycles. The summed E-state index contributed by atoms with van der Waals surface area (Å²) in [5, 5.41) is 0. The Morgan fingerprint density at radius 2 is 1.52 bits per heavy atom. The standard InChI is InChI=1S/C19H18F2O6/c1-11(17(22)12-4-7-14(24-2)8-5-12)26-18(23)13-6-9-15(27-19(20)21)16(10-13)25-3/h4-11,19H,1-3H3/t11-/m0/s1. The SMILES string of the molecule is COc1ccc(C(=O)[C@H](C)OC(=O)c2ccc(OC(F)F)c(OC)c2)cc1. The van der Waals surface area contributed by atoms with Crippen LogP contribution in [0.4, 0.5) is 8.78 Å². The smallest absolute Gasteiger partial charge is 0.387 e. The number of ketones is 1. The molecule has 0 aliphatic heterocycles. The van der Waals surface area contributed by atoms with E-state index in [9.17, 15) is 18.4 Å². The molecule has 0 saturated carbocycles. The van der Waals surface area contributed by atoms with Crippen molar-refractivity contribution < 1.29 is 37.3 Å². The number of carbonyl (C=O) groups excluding carboxylic acids is 2. The van der Waals surface area contributed by atoms with Crippen LogP contribution in [0.25, 0.3) is 0 Å². The first-order valence-corrected chi connectivity index (χ1v) is 7.87. The van der Waals surface area contributed by atoms with Crippen LogP contribution < -0.4 is 14.2 Å². The van der Waals surface area contributed by atoms with Gasteiger partial charge in [0.25, 0.3) is 0 Å². The summed E-state index contributed by atoms with van der Waals surface area (Å²) < 4.78 is 44.1. The van der Waals surface area contributed by atoms with Crippen molar-refractivity contribution in [3.8, 4) is 17.2 Å². The summed E-state index contributed by atoms with van der Waals surface area (Å²) in [7, 11) is 2.76. The van der Waals surface area contributed by atoms with E-state index in [2.05, 4.69) is 4.74 Å². The molecule has 0 aliphatic rings. The van der Waals surface area contributed by atoms with E-state index >= 15 is 0 Å². The summed E-state index contributed by atoms with van der Waals surface area (Å²) in [6.07, 6.45) is -1.05. The van der Waals surface area contributed by atoms with E-state index in [-0.39, 0.29) is 17.1 Å². The minimum absolute atomic E-state index is 0.0304. The fourth-order valence-corrected chi connectivity index (χ4v) is 2.26. The molecule has 1 atom stereocenters. The number of halogens is 2. The Morgan fingerprint density at radius 3 is 2.07 bits per heavy atom. The maximum atomic E-state index is 12.4. The molecule has 0 aliphatic carbocycles. The van der Waals surface area contributed by atoms with E-state index < -0.39 is 24.5 Å². The Labute approximate surface area is 154 Å². The van der Waals surface area contributed by atoms with Gasteiger partial charge in [-0.15, -0.1) is 0 Å². The lowest BCUT2D eigenvalue weighted by Gasteiger charge is -2.14. The highest BCUT2D eigenvalue weighted by atomic mass is 19.3. The first kappa shape index (κ1) is 20.2.